The van der Waals surface area contributed by atoms with Crippen LogP contribution in [0.3, 0.4) is 0 Å². The Morgan fingerprint density at radius 3 is 2.23 bits per heavy atom. The molecule has 8 heteroatoms. The van der Waals surface area contributed by atoms with Crippen molar-refractivity contribution in [2.75, 3.05) is 33.2 Å². The van der Waals surface area contributed by atoms with Crippen molar-refractivity contribution in [2.24, 2.45) is 4.99 Å². The van der Waals surface area contributed by atoms with Gasteiger partial charge >= 0.3 is 6.09 Å². The molecule has 0 radical (unpaired) electrons. The molecular formula is C23H39N5O3. The lowest BCUT2D eigenvalue weighted by molar-refractivity contribution is -0.0704. The van der Waals surface area contributed by atoms with E-state index in [4.69, 9.17) is 9.47 Å². The minimum atomic E-state index is -0.496. The molecule has 2 atom stereocenters. The number of hydrogen-bond acceptors (Lipinski definition) is 5. The molecule has 2 rings (SSSR count). The lowest BCUT2D eigenvalue weighted by atomic mass is 10.1. The fraction of sp³-hybridized carbons (Fsp3) is 0.652. The van der Waals surface area contributed by atoms with Crippen LogP contribution in [-0.4, -0.2) is 68.0 Å². The van der Waals surface area contributed by atoms with E-state index in [1.165, 1.54) is 11.1 Å². The van der Waals surface area contributed by atoms with E-state index in [0.717, 1.165) is 19.6 Å². The number of amides is 1. The molecule has 1 fully saturated rings. The van der Waals surface area contributed by atoms with E-state index < -0.39 is 11.7 Å². The Morgan fingerprint density at radius 1 is 1.06 bits per heavy atom. The lowest BCUT2D eigenvalue weighted by Crippen LogP contribution is -2.44. The van der Waals surface area contributed by atoms with E-state index >= 15 is 0 Å². The van der Waals surface area contributed by atoms with Gasteiger partial charge in [-0.1, -0.05) is 24.3 Å². The van der Waals surface area contributed by atoms with E-state index in [9.17, 15) is 4.79 Å². The van der Waals surface area contributed by atoms with Crippen molar-refractivity contribution in [3.63, 3.8) is 0 Å². The molecular weight excluding hydrogens is 394 g/mol. The summed E-state index contributed by atoms with van der Waals surface area (Å²) >= 11 is 0. The van der Waals surface area contributed by atoms with E-state index in [0.29, 0.717) is 25.6 Å². The predicted molar refractivity (Wildman–Crippen MR) is 124 cm³/mol. The van der Waals surface area contributed by atoms with Crippen molar-refractivity contribution < 1.29 is 14.3 Å². The number of carbonyl (C=O) groups excluding carboxylic acids is 1. The number of hydrogen-bond donors (Lipinski definition) is 3. The number of morpholine rings is 1. The van der Waals surface area contributed by atoms with Gasteiger partial charge in [0.1, 0.15) is 5.60 Å². The van der Waals surface area contributed by atoms with E-state index in [1.807, 2.05) is 20.8 Å². The van der Waals surface area contributed by atoms with Crippen molar-refractivity contribution in [1.29, 1.82) is 0 Å². The second-order valence-electron chi connectivity index (χ2n) is 9.05. The summed E-state index contributed by atoms with van der Waals surface area (Å²) in [5.41, 5.74) is 1.99. The van der Waals surface area contributed by atoms with Gasteiger partial charge in [-0.3, -0.25) is 9.89 Å². The average Bonchev–Trinajstić information content (AvgIpc) is 2.66. The van der Waals surface area contributed by atoms with Crippen LogP contribution in [0, 0.1) is 0 Å². The number of rotatable bonds is 7. The first-order valence-electron chi connectivity index (χ1n) is 11.0. The Labute approximate surface area is 186 Å². The van der Waals surface area contributed by atoms with Crippen LogP contribution in [0.4, 0.5) is 4.79 Å². The number of nitrogens with one attached hydrogen (secondary N) is 3. The third-order valence-corrected chi connectivity index (χ3v) is 4.69. The summed E-state index contributed by atoms with van der Waals surface area (Å²) in [5.74, 6) is 0.686. The van der Waals surface area contributed by atoms with Crippen molar-refractivity contribution >= 4 is 12.1 Å². The minimum absolute atomic E-state index is 0.283. The molecule has 1 aromatic rings. The SMILES string of the molecule is CN=C(NCCNC(=O)OC(C)(C)C)NCc1ccc(CN2CC(C)OC(C)C2)cc1. The second kappa shape index (κ2) is 11.9. The molecule has 31 heavy (non-hydrogen) atoms. The maximum Gasteiger partial charge on any atom is 0.407 e. The topological polar surface area (TPSA) is 87.2 Å². The first-order chi connectivity index (χ1) is 14.6. The van der Waals surface area contributed by atoms with Gasteiger partial charge in [-0.25, -0.2) is 4.79 Å². The third-order valence-electron chi connectivity index (χ3n) is 4.69. The molecule has 1 aliphatic heterocycles. The molecule has 8 nitrogen and oxygen atoms in total. The zero-order valence-electron chi connectivity index (χ0n) is 19.8. The van der Waals surface area contributed by atoms with Crippen LogP contribution in [-0.2, 0) is 22.6 Å². The highest BCUT2D eigenvalue weighted by Gasteiger charge is 2.22. The van der Waals surface area contributed by atoms with Crippen molar-refractivity contribution in [3.05, 3.63) is 35.4 Å². The number of alkyl carbamates (subject to hydrolysis) is 1. The van der Waals surface area contributed by atoms with Crippen LogP contribution in [0.2, 0.25) is 0 Å². The minimum Gasteiger partial charge on any atom is -0.444 e. The van der Waals surface area contributed by atoms with Gasteiger partial charge in [0.15, 0.2) is 5.96 Å². The zero-order valence-corrected chi connectivity index (χ0v) is 19.8. The summed E-state index contributed by atoms with van der Waals surface area (Å²) < 4.78 is 11.0. The molecule has 1 aromatic carbocycles. The van der Waals surface area contributed by atoms with Crippen molar-refractivity contribution in [1.82, 2.24) is 20.9 Å². The summed E-state index contributed by atoms with van der Waals surface area (Å²) in [6, 6.07) is 8.66. The highest BCUT2D eigenvalue weighted by Crippen LogP contribution is 2.14. The smallest absolute Gasteiger partial charge is 0.407 e. The van der Waals surface area contributed by atoms with Gasteiger partial charge in [-0.15, -0.1) is 0 Å². The monoisotopic (exact) mass is 433 g/mol. The Balaban J connectivity index is 1.69. The first kappa shape index (κ1) is 24.9. The molecule has 174 valence electrons. The van der Waals surface area contributed by atoms with Gasteiger partial charge in [0, 0.05) is 46.3 Å². The normalized spacial score (nSPS) is 20.3. The van der Waals surface area contributed by atoms with Crippen LogP contribution < -0.4 is 16.0 Å². The summed E-state index contributed by atoms with van der Waals surface area (Å²) in [4.78, 5) is 18.3. The summed E-state index contributed by atoms with van der Waals surface area (Å²) in [5, 5.41) is 9.19. The standard InChI is InChI=1S/C23H39N5O3/c1-17-14-28(15-18(2)30-17)16-20-9-7-19(8-10-20)13-27-21(24-6)25-11-12-26-22(29)31-23(3,4)5/h7-10,17-18H,11-16H2,1-6H3,(H,26,29)(H2,24,25,27). The Morgan fingerprint density at radius 2 is 1.65 bits per heavy atom. The van der Waals surface area contributed by atoms with Gasteiger partial charge < -0.3 is 25.4 Å². The Bertz CT molecular complexity index is 705. The largest absolute Gasteiger partial charge is 0.444 e. The number of ether oxygens (including phenoxy) is 2. The highest BCUT2D eigenvalue weighted by atomic mass is 16.6. The maximum atomic E-state index is 11.7. The zero-order chi connectivity index (χ0) is 22.9. The molecule has 0 bridgehead atoms. The molecule has 0 aromatic heterocycles. The quantitative estimate of drug-likeness (QED) is 0.348. The number of nitrogens with zero attached hydrogens (tertiary/aromatic N) is 2. The van der Waals surface area contributed by atoms with Crippen LogP contribution in [0.15, 0.2) is 29.3 Å². The fourth-order valence-corrected chi connectivity index (χ4v) is 3.50. The summed E-state index contributed by atoms with van der Waals surface area (Å²) in [7, 11) is 1.73. The van der Waals surface area contributed by atoms with Gasteiger partial charge in [0.25, 0.3) is 0 Å². The number of guanidine groups is 1. The van der Waals surface area contributed by atoms with Gasteiger partial charge in [-0.05, 0) is 45.7 Å². The summed E-state index contributed by atoms with van der Waals surface area (Å²) in [6.45, 7) is 14.3. The van der Waals surface area contributed by atoms with Crippen molar-refractivity contribution in [3.8, 4) is 0 Å². The van der Waals surface area contributed by atoms with Gasteiger partial charge in [0.2, 0.25) is 0 Å². The molecule has 1 heterocycles. The maximum absolute atomic E-state index is 11.7. The first-order valence-corrected chi connectivity index (χ1v) is 11.0. The highest BCUT2D eigenvalue weighted by molar-refractivity contribution is 5.79. The lowest BCUT2D eigenvalue weighted by Gasteiger charge is -2.35. The van der Waals surface area contributed by atoms with E-state index in [1.54, 1.807) is 7.05 Å². The molecule has 3 N–H and O–H groups in total. The number of benzene rings is 1. The molecule has 1 saturated heterocycles. The molecule has 1 amide bonds. The third kappa shape index (κ3) is 10.0. The summed E-state index contributed by atoms with van der Waals surface area (Å²) in [6.07, 6.45) is 0.148. The molecule has 0 saturated carbocycles. The van der Waals surface area contributed by atoms with Gasteiger partial charge in [-0.2, -0.15) is 0 Å². The Hall–Kier alpha value is -2.32. The number of carbonyl (C=O) groups is 1. The second-order valence-corrected chi connectivity index (χ2v) is 9.05. The number of aliphatic imine (C=N–C) groups is 1. The van der Waals surface area contributed by atoms with Gasteiger partial charge in [0.05, 0.1) is 12.2 Å². The van der Waals surface area contributed by atoms with Crippen LogP contribution >= 0.6 is 0 Å². The predicted octanol–water partition coefficient (Wildman–Crippen LogP) is 2.49. The molecule has 0 spiro atoms. The fourth-order valence-electron chi connectivity index (χ4n) is 3.50. The van der Waals surface area contributed by atoms with E-state index in [-0.39, 0.29) is 12.2 Å². The average molecular weight is 434 g/mol. The molecule has 1 aliphatic rings. The van der Waals surface area contributed by atoms with Crippen LogP contribution in [0.5, 0.6) is 0 Å². The van der Waals surface area contributed by atoms with E-state index in [2.05, 4.69) is 64.0 Å². The van der Waals surface area contributed by atoms with Crippen LogP contribution in [0.25, 0.3) is 0 Å². The van der Waals surface area contributed by atoms with Crippen LogP contribution in [0.1, 0.15) is 45.7 Å². The molecule has 2 unspecified atom stereocenters. The van der Waals surface area contributed by atoms with Crippen molar-refractivity contribution in [2.45, 2.75) is 65.5 Å². The molecule has 0 aliphatic carbocycles. The Kier molecular flexibility index (Phi) is 9.58.